The maximum atomic E-state index is 12.4. The normalized spacial score (nSPS) is 10.4. The minimum Gasteiger partial charge on any atom is -0.481 e. The Bertz CT molecular complexity index is 596. The molecule has 6 heteroatoms. The molecule has 2 rings (SSSR count). The summed E-state index contributed by atoms with van der Waals surface area (Å²) in [6, 6.07) is 11.4. The van der Waals surface area contributed by atoms with Gasteiger partial charge in [-0.25, -0.2) is 0 Å². The molecule has 1 heterocycles. The molecule has 0 aliphatic carbocycles. The summed E-state index contributed by atoms with van der Waals surface area (Å²) in [5.74, 6) is -0.919. The molecule has 0 atom stereocenters. The number of rotatable bonds is 8. The van der Waals surface area contributed by atoms with Crippen LogP contribution in [0.2, 0.25) is 0 Å². The Morgan fingerprint density at radius 1 is 1.18 bits per heavy atom. The fourth-order valence-electron chi connectivity index (χ4n) is 2.15. The van der Waals surface area contributed by atoms with Crippen molar-refractivity contribution in [1.82, 2.24) is 14.7 Å². The van der Waals surface area contributed by atoms with Gasteiger partial charge in [0.25, 0.3) is 0 Å². The van der Waals surface area contributed by atoms with Crippen LogP contribution < -0.4 is 0 Å². The molecule has 1 N–H and O–H groups in total. The second-order valence-corrected chi connectivity index (χ2v) is 5.00. The minimum absolute atomic E-state index is 0.0559. The van der Waals surface area contributed by atoms with Crippen LogP contribution in [-0.2, 0) is 22.7 Å². The first-order valence-electron chi connectivity index (χ1n) is 7.16. The number of carbonyl (C=O) groups excluding carboxylic acids is 1. The van der Waals surface area contributed by atoms with Crippen LogP contribution in [0, 0.1) is 0 Å². The first-order chi connectivity index (χ1) is 10.6. The zero-order valence-electron chi connectivity index (χ0n) is 12.3. The van der Waals surface area contributed by atoms with E-state index in [0.29, 0.717) is 19.5 Å². The molecule has 0 fully saturated rings. The SMILES string of the molecule is O=C(O)CCCN(Cc1ccccc1)C(=O)Cn1cccn1. The van der Waals surface area contributed by atoms with E-state index in [1.54, 1.807) is 28.0 Å². The summed E-state index contributed by atoms with van der Waals surface area (Å²) < 4.78 is 1.57. The van der Waals surface area contributed by atoms with E-state index in [4.69, 9.17) is 5.11 Å². The van der Waals surface area contributed by atoms with Gasteiger partial charge in [0, 0.05) is 31.9 Å². The molecule has 0 bridgehead atoms. The topological polar surface area (TPSA) is 75.4 Å². The Labute approximate surface area is 129 Å². The number of benzene rings is 1. The molecule has 6 nitrogen and oxygen atoms in total. The highest BCUT2D eigenvalue weighted by atomic mass is 16.4. The largest absolute Gasteiger partial charge is 0.481 e. The fraction of sp³-hybridized carbons (Fsp3) is 0.312. The lowest BCUT2D eigenvalue weighted by Crippen LogP contribution is -2.34. The lowest BCUT2D eigenvalue weighted by atomic mass is 10.2. The average molecular weight is 301 g/mol. The first kappa shape index (κ1) is 15.8. The zero-order valence-corrected chi connectivity index (χ0v) is 12.3. The highest BCUT2D eigenvalue weighted by Crippen LogP contribution is 2.07. The van der Waals surface area contributed by atoms with Crippen LogP contribution in [0.15, 0.2) is 48.8 Å². The molecule has 1 aromatic heterocycles. The number of carboxylic acid groups (broad SMARTS) is 1. The quantitative estimate of drug-likeness (QED) is 0.806. The monoisotopic (exact) mass is 301 g/mol. The van der Waals surface area contributed by atoms with E-state index < -0.39 is 5.97 Å². The van der Waals surface area contributed by atoms with E-state index >= 15 is 0 Å². The van der Waals surface area contributed by atoms with Crippen LogP contribution in [0.1, 0.15) is 18.4 Å². The molecule has 22 heavy (non-hydrogen) atoms. The van der Waals surface area contributed by atoms with Gasteiger partial charge in [-0.05, 0) is 18.1 Å². The highest BCUT2D eigenvalue weighted by Gasteiger charge is 2.15. The average Bonchev–Trinajstić information content (AvgIpc) is 3.00. The van der Waals surface area contributed by atoms with Crippen molar-refractivity contribution in [3.05, 3.63) is 54.4 Å². The Kier molecular flexibility index (Phi) is 5.71. The van der Waals surface area contributed by atoms with E-state index in [1.807, 2.05) is 30.3 Å². The zero-order chi connectivity index (χ0) is 15.8. The van der Waals surface area contributed by atoms with Crippen molar-refractivity contribution in [3.63, 3.8) is 0 Å². The molecule has 0 spiro atoms. The Balaban J connectivity index is 1.99. The molecular weight excluding hydrogens is 282 g/mol. The second-order valence-electron chi connectivity index (χ2n) is 5.00. The molecule has 116 valence electrons. The maximum Gasteiger partial charge on any atom is 0.303 e. The third-order valence-electron chi connectivity index (χ3n) is 3.24. The standard InChI is InChI=1S/C16H19N3O3/c20-15(13-19-11-5-9-17-19)18(10-4-8-16(21)22)12-14-6-2-1-3-7-14/h1-3,5-7,9,11H,4,8,10,12-13H2,(H,21,22). The molecule has 0 aliphatic heterocycles. The smallest absolute Gasteiger partial charge is 0.303 e. The lowest BCUT2D eigenvalue weighted by Gasteiger charge is -2.22. The molecule has 1 aromatic carbocycles. The van der Waals surface area contributed by atoms with Gasteiger partial charge in [0.05, 0.1) is 0 Å². The van der Waals surface area contributed by atoms with Crippen molar-refractivity contribution >= 4 is 11.9 Å². The summed E-state index contributed by atoms with van der Waals surface area (Å²) in [6.45, 7) is 1.05. The number of carboxylic acids is 1. The summed E-state index contributed by atoms with van der Waals surface area (Å²) in [7, 11) is 0. The predicted molar refractivity (Wildman–Crippen MR) is 81.0 cm³/mol. The third kappa shape index (κ3) is 5.05. The van der Waals surface area contributed by atoms with Gasteiger partial charge in [-0.1, -0.05) is 30.3 Å². The van der Waals surface area contributed by atoms with Crippen molar-refractivity contribution in [3.8, 4) is 0 Å². The van der Waals surface area contributed by atoms with E-state index in [0.717, 1.165) is 5.56 Å². The molecule has 1 amide bonds. The van der Waals surface area contributed by atoms with Crippen molar-refractivity contribution in [1.29, 1.82) is 0 Å². The minimum atomic E-state index is -0.848. The molecule has 0 radical (unpaired) electrons. The molecule has 0 saturated heterocycles. The Morgan fingerprint density at radius 3 is 2.59 bits per heavy atom. The number of carbonyl (C=O) groups is 2. The molecule has 0 saturated carbocycles. The Hall–Kier alpha value is -2.63. The summed E-state index contributed by atoms with van der Waals surface area (Å²) in [5, 5.41) is 12.8. The van der Waals surface area contributed by atoms with E-state index in [-0.39, 0.29) is 18.9 Å². The number of aromatic nitrogens is 2. The summed E-state index contributed by atoms with van der Waals surface area (Å²) >= 11 is 0. The predicted octanol–water partition coefficient (Wildman–Crippen LogP) is 1.78. The summed E-state index contributed by atoms with van der Waals surface area (Å²) in [4.78, 5) is 24.7. The summed E-state index contributed by atoms with van der Waals surface area (Å²) in [5.41, 5.74) is 1.02. The van der Waals surface area contributed by atoms with Crippen LogP contribution in [0.3, 0.4) is 0 Å². The van der Waals surface area contributed by atoms with Crippen LogP contribution in [0.5, 0.6) is 0 Å². The van der Waals surface area contributed by atoms with Gasteiger partial charge in [0.1, 0.15) is 6.54 Å². The van der Waals surface area contributed by atoms with Crippen molar-refractivity contribution in [2.75, 3.05) is 6.54 Å². The number of amides is 1. The van der Waals surface area contributed by atoms with Crippen LogP contribution in [-0.4, -0.2) is 38.2 Å². The van der Waals surface area contributed by atoms with Gasteiger partial charge >= 0.3 is 5.97 Å². The van der Waals surface area contributed by atoms with Gasteiger partial charge in [0.15, 0.2) is 0 Å². The van der Waals surface area contributed by atoms with E-state index in [9.17, 15) is 9.59 Å². The molecule has 0 aliphatic rings. The number of hydrogen-bond acceptors (Lipinski definition) is 3. The molecule has 0 unspecified atom stereocenters. The van der Waals surface area contributed by atoms with Gasteiger partial charge in [0.2, 0.25) is 5.91 Å². The van der Waals surface area contributed by atoms with E-state index in [1.165, 1.54) is 0 Å². The van der Waals surface area contributed by atoms with Crippen molar-refractivity contribution in [2.24, 2.45) is 0 Å². The van der Waals surface area contributed by atoms with Gasteiger partial charge < -0.3 is 10.0 Å². The van der Waals surface area contributed by atoms with Crippen molar-refractivity contribution in [2.45, 2.75) is 25.9 Å². The van der Waals surface area contributed by atoms with Crippen LogP contribution in [0.4, 0.5) is 0 Å². The maximum absolute atomic E-state index is 12.4. The van der Waals surface area contributed by atoms with Gasteiger partial charge in [-0.2, -0.15) is 5.10 Å². The number of hydrogen-bond donors (Lipinski definition) is 1. The first-order valence-corrected chi connectivity index (χ1v) is 7.16. The van der Waals surface area contributed by atoms with Crippen LogP contribution >= 0.6 is 0 Å². The lowest BCUT2D eigenvalue weighted by molar-refractivity contribution is -0.138. The Morgan fingerprint density at radius 2 is 1.95 bits per heavy atom. The molecular formula is C16H19N3O3. The van der Waals surface area contributed by atoms with Gasteiger partial charge in [-0.15, -0.1) is 0 Å². The van der Waals surface area contributed by atoms with Crippen LogP contribution in [0.25, 0.3) is 0 Å². The highest BCUT2D eigenvalue weighted by molar-refractivity contribution is 5.76. The number of aliphatic carboxylic acids is 1. The van der Waals surface area contributed by atoms with E-state index in [2.05, 4.69) is 5.10 Å². The van der Waals surface area contributed by atoms with Gasteiger partial charge in [-0.3, -0.25) is 14.3 Å². The van der Waals surface area contributed by atoms with Crippen molar-refractivity contribution < 1.29 is 14.7 Å². The third-order valence-corrected chi connectivity index (χ3v) is 3.24. The fourth-order valence-corrected chi connectivity index (χ4v) is 2.15. The second kappa shape index (κ2) is 7.97. The number of nitrogens with zero attached hydrogens (tertiary/aromatic N) is 3. The summed E-state index contributed by atoms with van der Waals surface area (Å²) in [6.07, 6.45) is 3.85. The molecule has 2 aromatic rings.